The number of nitrogens with one attached hydrogen (secondary N) is 1. The summed E-state index contributed by atoms with van der Waals surface area (Å²) in [7, 11) is 0. The Labute approximate surface area is 153 Å². The number of carbonyl (C=O) groups excluding carboxylic acids is 1. The molecule has 5 nitrogen and oxygen atoms in total. The molecule has 0 saturated heterocycles. The number of hydrogen-bond donors (Lipinski definition) is 1. The van der Waals surface area contributed by atoms with Crippen LogP contribution in [0.5, 0.6) is 0 Å². The van der Waals surface area contributed by atoms with Gasteiger partial charge in [0.25, 0.3) is 5.91 Å². The first kappa shape index (κ1) is 17.3. The minimum Gasteiger partial charge on any atom is -0.283 e. The van der Waals surface area contributed by atoms with E-state index in [1.807, 2.05) is 0 Å². The minimum absolute atomic E-state index is 0.111. The SMILES string of the molecule is CC(C)CSC1=NSC2=NC(=O)/C(=C\c3ccc(Cl)cc3)C(=N)N12. The quantitative estimate of drug-likeness (QED) is 0.628. The van der Waals surface area contributed by atoms with Crippen LogP contribution >= 0.6 is 35.3 Å². The highest BCUT2D eigenvalue weighted by Gasteiger charge is 2.37. The Balaban J connectivity index is 1.89. The van der Waals surface area contributed by atoms with Crippen LogP contribution in [-0.2, 0) is 4.79 Å². The van der Waals surface area contributed by atoms with Crippen molar-refractivity contribution in [2.45, 2.75) is 13.8 Å². The van der Waals surface area contributed by atoms with Crippen LogP contribution < -0.4 is 0 Å². The molecule has 2 heterocycles. The molecule has 124 valence electrons. The van der Waals surface area contributed by atoms with Crippen LogP contribution in [0.1, 0.15) is 19.4 Å². The molecule has 1 amide bonds. The average Bonchev–Trinajstić information content (AvgIpc) is 2.94. The molecule has 0 bridgehead atoms. The molecule has 3 rings (SSSR count). The van der Waals surface area contributed by atoms with Crippen molar-refractivity contribution in [2.24, 2.45) is 15.3 Å². The van der Waals surface area contributed by atoms with Crippen LogP contribution in [-0.4, -0.2) is 32.7 Å². The van der Waals surface area contributed by atoms with Crippen molar-refractivity contribution >= 4 is 63.5 Å². The van der Waals surface area contributed by atoms with E-state index < -0.39 is 5.91 Å². The maximum Gasteiger partial charge on any atom is 0.283 e. The standard InChI is InChI=1S/C16H15ClN4OS2/c1-9(2)8-23-16-20-24-15-19-14(22)12(13(18)21(15)16)7-10-3-5-11(17)6-4-10/h3-7,9,18H,8H2,1-2H3/b12-7-,18-13?. The second-order valence-electron chi connectivity index (χ2n) is 5.66. The third-order valence-corrected chi connectivity index (χ3v) is 5.66. The zero-order valence-corrected chi connectivity index (χ0v) is 15.5. The van der Waals surface area contributed by atoms with E-state index in [9.17, 15) is 4.79 Å². The number of nitrogens with zero attached hydrogens (tertiary/aromatic N) is 3. The Kier molecular flexibility index (Phi) is 5.12. The Hall–Kier alpha value is -1.57. The molecule has 0 radical (unpaired) electrons. The third kappa shape index (κ3) is 3.58. The number of amidine groups is 3. The van der Waals surface area contributed by atoms with Gasteiger partial charge in [-0.3, -0.25) is 10.2 Å². The fraction of sp³-hybridized carbons (Fsp3) is 0.250. The zero-order chi connectivity index (χ0) is 17.3. The highest BCUT2D eigenvalue weighted by Crippen LogP contribution is 2.32. The van der Waals surface area contributed by atoms with E-state index in [2.05, 4.69) is 23.2 Å². The summed E-state index contributed by atoms with van der Waals surface area (Å²) in [6.07, 6.45) is 1.66. The van der Waals surface area contributed by atoms with Gasteiger partial charge in [-0.15, -0.1) is 0 Å². The lowest BCUT2D eigenvalue weighted by atomic mass is 10.1. The molecule has 1 aromatic rings. The number of amides is 1. The van der Waals surface area contributed by atoms with E-state index in [-0.39, 0.29) is 11.4 Å². The topological polar surface area (TPSA) is 68.9 Å². The van der Waals surface area contributed by atoms with Crippen molar-refractivity contribution in [3.8, 4) is 0 Å². The van der Waals surface area contributed by atoms with Crippen molar-refractivity contribution in [1.29, 1.82) is 5.41 Å². The summed E-state index contributed by atoms with van der Waals surface area (Å²) in [4.78, 5) is 18.0. The van der Waals surface area contributed by atoms with Gasteiger partial charge in [0, 0.05) is 10.8 Å². The van der Waals surface area contributed by atoms with Gasteiger partial charge in [0.1, 0.15) is 5.84 Å². The molecule has 1 N–H and O–H groups in total. The second-order valence-corrected chi connectivity index (χ2v) is 7.82. The van der Waals surface area contributed by atoms with Crippen LogP contribution in [0.3, 0.4) is 0 Å². The first-order valence-electron chi connectivity index (χ1n) is 7.33. The summed E-state index contributed by atoms with van der Waals surface area (Å²) in [6.45, 7) is 4.25. The van der Waals surface area contributed by atoms with Crippen molar-refractivity contribution < 1.29 is 4.79 Å². The van der Waals surface area contributed by atoms with Crippen LogP contribution in [0, 0.1) is 11.3 Å². The Morgan fingerprint density at radius 3 is 2.75 bits per heavy atom. The van der Waals surface area contributed by atoms with Gasteiger partial charge < -0.3 is 0 Å². The molecule has 1 aromatic carbocycles. The fourth-order valence-corrected chi connectivity index (χ4v) is 3.98. The normalized spacial score (nSPS) is 19.0. The van der Waals surface area contributed by atoms with Gasteiger partial charge in [-0.2, -0.15) is 9.39 Å². The monoisotopic (exact) mass is 378 g/mol. The number of thioether (sulfide) groups is 1. The van der Waals surface area contributed by atoms with Gasteiger partial charge in [0.2, 0.25) is 5.17 Å². The summed E-state index contributed by atoms with van der Waals surface area (Å²) in [5, 5.41) is 10.2. The van der Waals surface area contributed by atoms with Gasteiger partial charge in [0.05, 0.1) is 17.5 Å². The predicted molar refractivity (Wildman–Crippen MR) is 104 cm³/mol. The van der Waals surface area contributed by atoms with Gasteiger partial charge in [-0.25, -0.2) is 4.90 Å². The maximum absolute atomic E-state index is 12.3. The summed E-state index contributed by atoms with van der Waals surface area (Å²) in [6, 6.07) is 7.10. The van der Waals surface area contributed by atoms with Gasteiger partial charge in [0.15, 0.2) is 5.17 Å². The van der Waals surface area contributed by atoms with Crippen molar-refractivity contribution in [1.82, 2.24) is 4.90 Å². The maximum atomic E-state index is 12.3. The number of halogens is 1. The molecule has 0 saturated carbocycles. The molecule has 0 spiro atoms. The number of fused-ring (bicyclic) bond motifs is 1. The molecule has 0 aliphatic carbocycles. The van der Waals surface area contributed by atoms with Gasteiger partial charge in [-0.1, -0.05) is 49.3 Å². The van der Waals surface area contributed by atoms with Crippen molar-refractivity contribution in [3.63, 3.8) is 0 Å². The van der Waals surface area contributed by atoms with E-state index in [0.717, 1.165) is 23.3 Å². The van der Waals surface area contributed by atoms with Crippen molar-refractivity contribution in [2.75, 3.05) is 5.75 Å². The molecule has 0 unspecified atom stereocenters. The molecular weight excluding hydrogens is 364 g/mol. The minimum atomic E-state index is -0.418. The van der Waals surface area contributed by atoms with Crippen LogP contribution in [0.2, 0.25) is 5.02 Å². The smallest absolute Gasteiger partial charge is 0.283 e. The lowest BCUT2D eigenvalue weighted by Crippen LogP contribution is -2.41. The highest BCUT2D eigenvalue weighted by atomic mass is 35.5. The molecule has 2 aliphatic heterocycles. The van der Waals surface area contributed by atoms with Crippen molar-refractivity contribution in [3.05, 3.63) is 40.4 Å². The molecule has 0 aromatic heterocycles. The third-order valence-electron chi connectivity index (χ3n) is 3.22. The average molecular weight is 379 g/mol. The summed E-state index contributed by atoms with van der Waals surface area (Å²) in [5.41, 5.74) is 1.05. The van der Waals surface area contributed by atoms with E-state index >= 15 is 0 Å². The summed E-state index contributed by atoms with van der Waals surface area (Å²) in [5.74, 6) is 1.09. The van der Waals surface area contributed by atoms with Crippen LogP contribution in [0.25, 0.3) is 6.08 Å². The van der Waals surface area contributed by atoms with Gasteiger partial charge in [-0.05, 0) is 29.7 Å². The Morgan fingerprint density at radius 2 is 2.08 bits per heavy atom. The van der Waals surface area contributed by atoms with E-state index in [4.69, 9.17) is 17.0 Å². The molecule has 24 heavy (non-hydrogen) atoms. The van der Waals surface area contributed by atoms with E-state index in [1.54, 1.807) is 47.0 Å². The van der Waals surface area contributed by atoms with Crippen LogP contribution in [0.4, 0.5) is 0 Å². The first-order chi connectivity index (χ1) is 11.5. The zero-order valence-electron chi connectivity index (χ0n) is 13.1. The molecule has 0 fully saturated rings. The number of hydrogen-bond acceptors (Lipinski definition) is 5. The Morgan fingerprint density at radius 1 is 1.38 bits per heavy atom. The fourth-order valence-electron chi connectivity index (χ4n) is 2.06. The summed E-state index contributed by atoms with van der Waals surface area (Å²) < 4.78 is 4.34. The van der Waals surface area contributed by atoms with Crippen LogP contribution in [0.15, 0.2) is 39.2 Å². The number of rotatable bonds is 3. The molecular formula is C16H15ClN4OS2. The lowest BCUT2D eigenvalue weighted by molar-refractivity contribution is -0.114. The highest BCUT2D eigenvalue weighted by molar-refractivity contribution is 8.19. The first-order valence-corrected chi connectivity index (χ1v) is 9.46. The number of aliphatic imine (C=N–C) groups is 1. The molecule has 8 heteroatoms. The molecule has 2 aliphatic rings. The summed E-state index contributed by atoms with van der Waals surface area (Å²) >= 11 is 8.59. The number of carbonyl (C=O) groups is 1. The largest absolute Gasteiger partial charge is 0.283 e. The predicted octanol–water partition coefficient (Wildman–Crippen LogP) is 4.31. The molecule has 0 atom stereocenters. The van der Waals surface area contributed by atoms with E-state index in [1.165, 1.54) is 0 Å². The lowest BCUT2D eigenvalue weighted by Gasteiger charge is -2.24. The second kappa shape index (κ2) is 7.13. The Bertz CT molecular complexity index is 784. The van der Waals surface area contributed by atoms with E-state index in [0.29, 0.717) is 21.3 Å². The van der Waals surface area contributed by atoms with Gasteiger partial charge >= 0.3 is 0 Å². The number of benzene rings is 1.